The van der Waals surface area contributed by atoms with Gasteiger partial charge in [-0.15, -0.1) is 0 Å². The zero-order valence-corrected chi connectivity index (χ0v) is 8.17. The zero-order chi connectivity index (χ0) is 10.4. The monoisotopic (exact) mass is 207 g/mol. The van der Waals surface area contributed by atoms with E-state index in [9.17, 15) is 13.8 Å². The fourth-order valence-corrected chi connectivity index (χ4v) is 2.10. The first-order valence-electron chi connectivity index (χ1n) is 3.87. The molecule has 0 spiro atoms. The maximum absolute atomic E-state index is 11.2. The predicted molar refractivity (Wildman–Crippen MR) is 48.5 cm³/mol. The lowest BCUT2D eigenvalue weighted by atomic mass is 10.3. The Hall–Kier alpha value is -0.910. The number of carbonyl (C=O) groups is 2. The van der Waals surface area contributed by atoms with Gasteiger partial charge in [0, 0.05) is 23.0 Å². The lowest BCUT2D eigenvalue weighted by Crippen LogP contribution is -2.28. The van der Waals surface area contributed by atoms with Crippen molar-refractivity contribution in [3.05, 3.63) is 0 Å². The summed E-state index contributed by atoms with van der Waals surface area (Å²) in [6.07, 6.45) is 0.261. The topological polar surface area (TPSA) is 97.5 Å². The van der Waals surface area contributed by atoms with Crippen molar-refractivity contribution < 1.29 is 18.9 Å². The van der Waals surface area contributed by atoms with Gasteiger partial charge in [-0.25, -0.2) is 0 Å². The SMILES string of the molecule is CCC(C(=O)O)S(=O)CCC(N)=O. The molecule has 0 aromatic heterocycles. The molecule has 0 aliphatic heterocycles. The molecule has 0 rings (SSSR count). The lowest BCUT2D eigenvalue weighted by molar-refractivity contribution is -0.136. The van der Waals surface area contributed by atoms with Crippen LogP contribution in [-0.4, -0.2) is 32.2 Å². The van der Waals surface area contributed by atoms with Gasteiger partial charge < -0.3 is 10.8 Å². The molecule has 0 aliphatic rings. The van der Waals surface area contributed by atoms with Crippen LogP contribution in [0.15, 0.2) is 0 Å². The van der Waals surface area contributed by atoms with Crippen LogP contribution in [0, 0.1) is 0 Å². The third-order valence-electron chi connectivity index (χ3n) is 1.51. The van der Waals surface area contributed by atoms with Crippen LogP contribution in [0.2, 0.25) is 0 Å². The second-order valence-corrected chi connectivity index (χ2v) is 4.28. The van der Waals surface area contributed by atoms with Gasteiger partial charge >= 0.3 is 5.97 Å². The summed E-state index contributed by atoms with van der Waals surface area (Å²) in [6, 6.07) is 0. The fourth-order valence-electron chi connectivity index (χ4n) is 0.816. The third kappa shape index (κ3) is 4.62. The van der Waals surface area contributed by atoms with E-state index in [0.717, 1.165) is 0 Å². The molecule has 1 amide bonds. The minimum absolute atomic E-state index is 0.0279. The van der Waals surface area contributed by atoms with Crippen LogP contribution in [0.5, 0.6) is 0 Å². The zero-order valence-electron chi connectivity index (χ0n) is 7.36. The molecule has 0 saturated carbocycles. The van der Waals surface area contributed by atoms with Crippen molar-refractivity contribution in [1.29, 1.82) is 0 Å². The van der Waals surface area contributed by atoms with Crippen molar-refractivity contribution in [2.24, 2.45) is 5.73 Å². The van der Waals surface area contributed by atoms with Crippen LogP contribution in [0.25, 0.3) is 0 Å². The second kappa shape index (κ2) is 5.69. The van der Waals surface area contributed by atoms with Crippen LogP contribution in [0.3, 0.4) is 0 Å². The number of amides is 1. The van der Waals surface area contributed by atoms with E-state index < -0.39 is 27.9 Å². The Kier molecular flexibility index (Phi) is 5.29. The van der Waals surface area contributed by atoms with Crippen LogP contribution in [0.1, 0.15) is 19.8 Å². The molecule has 0 heterocycles. The predicted octanol–water partition coefficient (Wildman–Crippen LogP) is -0.526. The number of hydrogen-bond acceptors (Lipinski definition) is 3. The molecule has 0 aromatic carbocycles. The van der Waals surface area contributed by atoms with Crippen LogP contribution < -0.4 is 5.73 Å². The number of carboxylic acids is 1. The summed E-state index contributed by atoms with van der Waals surface area (Å²) in [6.45, 7) is 1.64. The highest BCUT2D eigenvalue weighted by molar-refractivity contribution is 7.86. The summed E-state index contributed by atoms with van der Waals surface area (Å²) in [5.41, 5.74) is 4.84. The summed E-state index contributed by atoms with van der Waals surface area (Å²) in [5, 5.41) is 7.71. The van der Waals surface area contributed by atoms with E-state index in [1.165, 1.54) is 0 Å². The number of hydrogen-bond donors (Lipinski definition) is 2. The molecule has 6 heteroatoms. The molecule has 0 aromatic rings. The van der Waals surface area contributed by atoms with Gasteiger partial charge in [-0.05, 0) is 6.42 Å². The molecular formula is C7H13NO4S. The van der Waals surface area contributed by atoms with Gasteiger partial charge in [0.1, 0.15) is 5.25 Å². The fraction of sp³-hybridized carbons (Fsp3) is 0.714. The standard InChI is InChI=1S/C7H13NO4S/c1-2-5(7(10)11)13(12)4-3-6(8)9/h5H,2-4H2,1H3,(H2,8,9)(H,10,11). The summed E-state index contributed by atoms with van der Waals surface area (Å²) in [5.74, 6) is -1.63. The van der Waals surface area contributed by atoms with Gasteiger partial charge in [-0.2, -0.15) is 0 Å². The maximum atomic E-state index is 11.2. The molecule has 0 aliphatic carbocycles. The summed E-state index contributed by atoms with van der Waals surface area (Å²) in [7, 11) is -1.51. The molecule has 0 fully saturated rings. The molecule has 5 nitrogen and oxygen atoms in total. The van der Waals surface area contributed by atoms with Gasteiger partial charge in [0.05, 0.1) is 0 Å². The van der Waals surface area contributed by atoms with Crippen molar-refractivity contribution in [1.82, 2.24) is 0 Å². The first kappa shape index (κ1) is 12.1. The molecule has 76 valence electrons. The van der Waals surface area contributed by atoms with E-state index in [1.54, 1.807) is 6.92 Å². The average Bonchev–Trinajstić information content (AvgIpc) is 2.01. The number of primary amides is 1. The first-order chi connectivity index (χ1) is 5.99. The molecule has 0 radical (unpaired) electrons. The molecule has 13 heavy (non-hydrogen) atoms. The number of rotatable bonds is 6. The van der Waals surface area contributed by atoms with Crippen LogP contribution in [-0.2, 0) is 20.4 Å². The van der Waals surface area contributed by atoms with E-state index in [2.05, 4.69) is 0 Å². The minimum Gasteiger partial charge on any atom is -0.480 e. The summed E-state index contributed by atoms with van der Waals surface area (Å²) in [4.78, 5) is 20.8. The molecule has 0 saturated heterocycles. The van der Waals surface area contributed by atoms with Crippen molar-refractivity contribution in [2.75, 3.05) is 5.75 Å². The average molecular weight is 207 g/mol. The Morgan fingerprint density at radius 3 is 2.38 bits per heavy atom. The minimum atomic E-state index is -1.51. The van der Waals surface area contributed by atoms with Gasteiger partial charge in [0.25, 0.3) is 0 Å². The highest BCUT2D eigenvalue weighted by atomic mass is 32.2. The van der Waals surface area contributed by atoms with Crippen LogP contribution >= 0.6 is 0 Å². The van der Waals surface area contributed by atoms with Gasteiger partial charge in [0.2, 0.25) is 5.91 Å². The Balaban J connectivity index is 4.07. The van der Waals surface area contributed by atoms with Crippen molar-refractivity contribution >= 4 is 22.7 Å². The maximum Gasteiger partial charge on any atom is 0.319 e. The van der Waals surface area contributed by atoms with E-state index in [1.807, 2.05) is 0 Å². The highest BCUT2D eigenvalue weighted by Gasteiger charge is 2.22. The third-order valence-corrected chi connectivity index (χ3v) is 3.29. The largest absolute Gasteiger partial charge is 0.480 e. The number of carboxylic acid groups (broad SMARTS) is 1. The number of nitrogens with two attached hydrogens (primary N) is 1. The van der Waals surface area contributed by atoms with Crippen molar-refractivity contribution in [3.63, 3.8) is 0 Å². The first-order valence-corrected chi connectivity index (χ1v) is 5.25. The molecule has 0 bridgehead atoms. The van der Waals surface area contributed by atoms with E-state index in [-0.39, 0.29) is 12.2 Å². The number of carbonyl (C=O) groups excluding carboxylic acids is 1. The van der Waals surface area contributed by atoms with Crippen molar-refractivity contribution in [2.45, 2.75) is 25.0 Å². The Labute approximate surface area is 78.8 Å². The van der Waals surface area contributed by atoms with Gasteiger partial charge in [-0.1, -0.05) is 6.92 Å². The molecular weight excluding hydrogens is 194 g/mol. The Morgan fingerprint density at radius 1 is 1.54 bits per heavy atom. The van der Waals surface area contributed by atoms with Crippen molar-refractivity contribution in [3.8, 4) is 0 Å². The smallest absolute Gasteiger partial charge is 0.319 e. The Morgan fingerprint density at radius 2 is 2.08 bits per heavy atom. The molecule has 2 atom stereocenters. The van der Waals surface area contributed by atoms with E-state index in [4.69, 9.17) is 10.8 Å². The van der Waals surface area contributed by atoms with Crippen LogP contribution in [0.4, 0.5) is 0 Å². The lowest BCUT2D eigenvalue weighted by Gasteiger charge is -2.07. The Bertz CT molecular complexity index is 229. The number of aliphatic carboxylic acids is 1. The normalized spacial score (nSPS) is 14.8. The van der Waals surface area contributed by atoms with Gasteiger partial charge in [-0.3, -0.25) is 13.8 Å². The summed E-state index contributed by atoms with van der Waals surface area (Å²) < 4.78 is 11.2. The molecule has 2 unspecified atom stereocenters. The summed E-state index contributed by atoms with van der Waals surface area (Å²) >= 11 is 0. The molecule has 3 N–H and O–H groups in total. The van der Waals surface area contributed by atoms with E-state index >= 15 is 0 Å². The highest BCUT2D eigenvalue weighted by Crippen LogP contribution is 2.03. The quantitative estimate of drug-likeness (QED) is 0.612. The second-order valence-electron chi connectivity index (χ2n) is 2.54. The van der Waals surface area contributed by atoms with Gasteiger partial charge in [0.15, 0.2) is 0 Å². The van der Waals surface area contributed by atoms with E-state index in [0.29, 0.717) is 6.42 Å².